The number of halogens is 1. The number of aromatic nitrogens is 2. The Morgan fingerprint density at radius 2 is 1.81 bits per heavy atom. The Balaban J connectivity index is 2.43. The van der Waals surface area contributed by atoms with E-state index in [-0.39, 0.29) is 11.5 Å². The average Bonchev–Trinajstić information content (AvgIpc) is 2.48. The second-order valence-corrected chi connectivity index (χ2v) is 5.26. The van der Waals surface area contributed by atoms with Gasteiger partial charge in [0.05, 0.1) is 16.6 Å². The molecule has 1 heterocycles. The van der Waals surface area contributed by atoms with E-state index in [1.807, 2.05) is 44.2 Å². The molecule has 0 fully saturated rings. The van der Waals surface area contributed by atoms with Gasteiger partial charge in [0, 0.05) is 5.92 Å². The van der Waals surface area contributed by atoms with Crippen LogP contribution in [-0.2, 0) is 0 Å². The van der Waals surface area contributed by atoms with Crippen molar-refractivity contribution in [1.82, 2.24) is 9.55 Å². The largest absolute Gasteiger partial charge is 0.268 e. The molecule has 0 amide bonds. The fourth-order valence-corrected chi connectivity index (χ4v) is 2.39. The summed E-state index contributed by atoms with van der Waals surface area (Å²) >= 11 is 0. The third-order valence-electron chi connectivity index (χ3n) is 3.39. The van der Waals surface area contributed by atoms with Crippen molar-refractivity contribution in [1.29, 1.82) is 0 Å². The topological polar surface area (TPSA) is 34.9 Å². The van der Waals surface area contributed by atoms with Gasteiger partial charge in [0.15, 0.2) is 0 Å². The highest BCUT2D eigenvalue weighted by Crippen LogP contribution is 2.19. The van der Waals surface area contributed by atoms with E-state index in [4.69, 9.17) is 0 Å². The van der Waals surface area contributed by atoms with Crippen molar-refractivity contribution < 1.29 is 4.39 Å². The van der Waals surface area contributed by atoms with E-state index in [1.54, 1.807) is 10.6 Å². The van der Waals surface area contributed by atoms with Gasteiger partial charge in [-0.05, 0) is 30.3 Å². The molecule has 3 rings (SSSR count). The summed E-state index contributed by atoms with van der Waals surface area (Å²) in [5.41, 5.74) is 1.02. The Morgan fingerprint density at radius 3 is 2.48 bits per heavy atom. The standard InChI is InChI=1S/C17H15FN2O/c1-11(2)16-19-15-9-8-12(18)10-14(15)17(21)20(16)13-6-4-3-5-7-13/h3-11H,1-2H3. The predicted molar refractivity (Wildman–Crippen MR) is 81.4 cm³/mol. The van der Waals surface area contributed by atoms with Crippen LogP contribution in [0, 0.1) is 5.82 Å². The molecular weight excluding hydrogens is 267 g/mol. The minimum absolute atomic E-state index is 0.0763. The molecule has 0 atom stereocenters. The van der Waals surface area contributed by atoms with Crippen molar-refractivity contribution in [2.75, 3.05) is 0 Å². The molecule has 4 heteroatoms. The minimum Gasteiger partial charge on any atom is -0.268 e. The van der Waals surface area contributed by atoms with E-state index < -0.39 is 5.82 Å². The summed E-state index contributed by atoms with van der Waals surface area (Å²) in [5, 5.41) is 0.295. The molecule has 0 aliphatic carbocycles. The van der Waals surface area contributed by atoms with Gasteiger partial charge in [0.2, 0.25) is 0 Å². The molecule has 2 aromatic carbocycles. The number of rotatable bonds is 2. The monoisotopic (exact) mass is 282 g/mol. The third kappa shape index (κ3) is 2.33. The lowest BCUT2D eigenvalue weighted by molar-refractivity contribution is 0.629. The van der Waals surface area contributed by atoms with E-state index in [1.165, 1.54) is 12.1 Å². The van der Waals surface area contributed by atoms with Crippen LogP contribution < -0.4 is 5.56 Å². The van der Waals surface area contributed by atoms with Crippen LogP contribution in [0.3, 0.4) is 0 Å². The van der Waals surface area contributed by atoms with Crippen LogP contribution in [-0.4, -0.2) is 9.55 Å². The SMILES string of the molecule is CC(C)c1nc2ccc(F)cc2c(=O)n1-c1ccccc1. The summed E-state index contributed by atoms with van der Waals surface area (Å²) in [6.07, 6.45) is 0. The van der Waals surface area contributed by atoms with E-state index >= 15 is 0 Å². The van der Waals surface area contributed by atoms with Gasteiger partial charge >= 0.3 is 0 Å². The van der Waals surface area contributed by atoms with Gasteiger partial charge in [-0.2, -0.15) is 0 Å². The van der Waals surface area contributed by atoms with Crippen molar-refractivity contribution in [3.05, 3.63) is 70.5 Å². The van der Waals surface area contributed by atoms with E-state index in [0.717, 1.165) is 5.69 Å². The maximum absolute atomic E-state index is 13.4. The molecule has 3 nitrogen and oxygen atoms in total. The highest BCUT2D eigenvalue weighted by atomic mass is 19.1. The lowest BCUT2D eigenvalue weighted by Crippen LogP contribution is -2.24. The number of benzene rings is 2. The molecule has 0 unspecified atom stereocenters. The zero-order valence-electron chi connectivity index (χ0n) is 11.9. The van der Waals surface area contributed by atoms with Gasteiger partial charge in [0.25, 0.3) is 5.56 Å². The first kappa shape index (κ1) is 13.5. The first-order valence-corrected chi connectivity index (χ1v) is 6.85. The summed E-state index contributed by atoms with van der Waals surface area (Å²) in [7, 11) is 0. The van der Waals surface area contributed by atoms with Crippen LogP contribution in [0.5, 0.6) is 0 Å². The predicted octanol–water partition coefficient (Wildman–Crippen LogP) is 3.65. The number of hydrogen-bond donors (Lipinski definition) is 0. The smallest absolute Gasteiger partial charge is 0.266 e. The molecular formula is C17H15FN2O. The van der Waals surface area contributed by atoms with Crippen LogP contribution in [0.4, 0.5) is 4.39 Å². The first-order chi connectivity index (χ1) is 10.1. The molecule has 0 radical (unpaired) electrons. The molecule has 0 saturated carbocycles. The number of nitrogens with zero attached hydrogens (tertiary/aromatic N) is 2. The zero-order valence-corrected chi connectivity index (χ0v) is 11.9. The van der Waals surface area contributed by atoms with Crippen LogP contribution in [0.1, 0.15) is 25.6 Å². The van der Waals surface area contributed by atoms with Crippen molar-refractivity contribution in [2.24, 2.45) is 0 Å². The molecule has 106 valence electrons. The van der Waals surface area contributed by atoms with E-state index in [0.29, 0.717) is 16.7 Å². The van der Waals surface area contributed by atoms with E-state index in [2.05, 4.69) is 4.98 Å². The normalized spacial score (nSPS) is 11.2. The lowest BCUT2D eigenvalue weighted by Gasteiger charge is -2.15. The summed E-state index contributed by atoms with van der Waals surface area (Å²) in [6, 6.07) is 13.4. The number of hydrogen-bond acceptors (Lipinski definition) is 2. The first-order valence-electron chi connectivity index (χ1n) is 6.85. The van der Waals surface area contributed by atoms with Gasteiger partial charge in [-0.3, -0.25) is 9.36 Å². The lowest BCUT2D eigenvalue weighted by atomic mass is 10.1. The van der Waals surface area contributed by atoms with Crippen LogP contribution >= 0.6 is 0 Å². The van der Waals surface area contributed by atoms with Crippen molar-refractivity contribution >= 4 is 10.9 Å². The summed E-state index contributed by atoms with van der Waals surface area (Å²) in [4.78, 5) is 17.3. The quantitative estimate of drug-likeness (QED) is 0.719. The summed E-state index contributed by atoms with van der Waals surface area (Å²) < 4.78 is 15.0. The van der Waals surface area contributed by atoms with Gasteiger partial charge in [0.1, 0.15) is 11.6 Å². The summed E-state index contributed by atoms with van der Waals surface area (Å²) in [5.74, 6) is 0.316. The van der Waals surface area contributed by atoms with Gasteiger partial charge in [-0.1, -0.05) is 32.0 Å². The molecule has 1 aromatic heterocycles. The number of para-hydroxylation sites is 1. The maximum Gasteiger partial charge on any atom is 0.266 e. The van der Waals surface area contributed by atoms with Crippen molar-refractivity contribution in [3.8, 4) is 5.69 Å². The van der Waals surface area contributed by atoms with Crippen LogP contribution in [0.2, 0.25) is 0 Å². The fraction of sp³-hybridized carbons (Fsp3) is 0.176. The molecule has 0 bridgehead atoms. The van der Waals surface area contributed by atoms with Gasteiger partial charge < -0.3 is 0 Å². The van der Waals surface area contributed by atoms with Gasteiger partial charge in [-0.15, -0.1) is 0 Å². The van der Waals surface area contributed by atoms with Crippen molar-refractivity contribution in [2.45, 2.75) is 19.8 Å². The molecule has 3 aromatic rings. The average molecular weight is 282 g/mol. The third-order valence-corrected chi connectivity index (χ3v) is 3.39. The minimum atomic E-state index is -0.432. The molecule has 0 aliphatic heterocycles. The molecule has 0 spiro atoms. The van der Waals surface area contributed by atoms with E-state index in [9.17, 15) is 9.18 Å². The van der Waals surface area contributed by atoms with Crippen LogP contribution in [0.25, 0.3) is 16.6 Å². The second kappa shape index (κ2) is 5.13. The maximum atomic E-state index is 13.4. The Labute approximate surface area is 121 Å². The van der Waals surface area contributed by atoms with Gasteiger partial charge in [-0.25, -0.2) is 9.37 Å². The zero-order chi connectivity index (χ0) is 15.0. The highest BCUT2D eigenvalue weighted by Gasteiger charge is 2.15. The number of fused-ring (bicyclic) bond motifs is 1. The Hall–Kier alpha value is -2.49. The Morgan fingerprint density at radius 1 is 1.10 bits per heavy atom. The molecule has 0 N–H and O–H groups in total. The van der Waals surface area contributed by atoms with Crippen LogP contribution in [0.15, 0.2) is 53.3 Å². The molecule has 0 aliphatic rings. The fourth-order valence-electron chi connectivity index (χ4n) is 2.39. The highest BCUT2D eigenvalue weighted by molar-refractivity contribution is 5.78. The van der Waals surface area contributed by atoms with Crippen molar-refractivity contribution in [3.63, 3.8) is 0 Å². The summed E-state index contributed by atoms with van der Waals surface area (Å²) in [6.45, 7) is 3.97. The second-order valence-electron chi connectivity index (χ2n) is 5.26. The Kier molecular flexibility index (Phi) is 3.29. The Bertz CT molecular complexity index is 854. The molecule has 21 heavy (non-hydrogen) atoms. The molecule has 0 saturated heterocycles.